The molecule has 1 aromatic heterocycles. The van der Waals surface area contributed by atoms with Crippen molar-refractivity contribution in [1.82, 2.24) is 4.98 Å². The summed E-state index contributed by atoms with van der Waals surface area (Å²) in [6.07, 6.45) is -4.15. The molecule has 0 saturated carbocycles. The van der Waals surface area contributed by atoms with Crippen LogP contribution in [0.2, 0.25) is 0 Å². The predicted molar refractivity (Wildman–Crippen MR) is 68.9 cm³/mol. The lowest BCUT2D eigenvalue weighted by Crippen LogP contribution is -2.06. The summed E-state index contributed by atoms with van der Waals surface area (Å²) < 4.78 is 38.8. The Morgan fingerprint density at radius 3 is 2.50 bits per heavy atom. The van der Waals surface area contributed by atoms with Crippen molar-refractivity contribution < 1.29 is 23.1 Å². The van der Waals surface area contributed by atoms with Crippen LogP contribution in [0.4, 0.5) is 13.2 Å². The van der Waals surface area contributed by atoms with Crippen molar-refractivity contribution in [2.45, 2.75) is 19.5 Å². The molecule has 3 nitrogen and oxygen atoms in total. The SMILES string of the molecule is CCc1nc(-c2ccccc2C(F)(F)F)sc1C(=O)O. The zero-order valence-electron chi connectivity index (χ0n) is 10.4. The number of hydrogen-bond donors (Lipinski definition) is 1. The molecule has 0 aliphatic rings. The number of halogens is 3. The van der Waals surface area contributed by atoms with Gasteiger partial charge >= 0.3 is 12.1 Å². The minimum atomic E-state index is -4.50. The molecular weight excluding hydrogens is 291 g/mol. The Bertz CT molecular complexity index is 649. The summed E-state index contributed by atoms with van der Waals surface area (Å²) in [5.74, 6) is -1.17. The van der Waals surface area contributed by atoms with Gasteiger partial charge in [-0.25, -0.2) is 9.78 Å². The third-order valence-electron chi connectivity index (χ3n) is 2.69. The topological polar surface area (TPSA) is 50.2 Å². The average molecular weight is 301 g/mol. The van der Waals surface area contributed by atoms with Crippen LogP contribution in [0.1, 0.15) is 27.9 Å². The highest BCUT2D eigenvalue weighted by Crippen LogP contribution is 2.39. The van der Waals surface area contributed by atoms with E-state index in [0.29, 0.717) is 12.1 Å². The van der Waals surface area contributed by atoms with E-state index in [-0.39, 0.29) is 15.4 Å². The van der Waals surface area contributed by atoms with Crippen molar-refractivity contribution in [3.05, 3.63) is 40.4 Å². The van der Waals surface area contributed by atoms with E-state index in [2.05, 4.69) is 4.98 Å². The number of nitrogens with zero attached hydrogens (tertiary/aromatic N) is 1. The number of hydrogen-bond acceptors (Lipinski definition) is 3. The van der Waals surface area contributed by atoms with E-state index in [1.54, 1.807) is 6.92 Å². The van der Waals surface area contributed by atoms with E-state index in [0.717, 1.165) is 17.4 Å². The molecule has 1 N–H and O–H groups in total. The Morgan fingerprint density at radius 2 is 2.00 bits per heavy atom. The van der Waals surface area contributed by atoms with E-state index in [1.165, 1.54) is 18.2 Å². The second kappa shape index (κ2) is 5.24. The number of alkyl halides is 3. The van der Waals surface area contributed by atoms with Gasteiger partial charge in [-0.2, -0.15) is 13.2 Å². The number of carboxylic acids is 1. The summed E-state index contributed by atoms with van der Waals surface area (Å²) >= 11 is 0.765. The fraction of sp³-hybridized carbons (Fsp3) is 0.231. The van der Waals surface area contributed by atoms with Crippen molar-refractivity contribution in [1.29, 1.82) is 0 Å². The summed E-state index contributed by atoms with van der Waals surface area (Å²) in [6.45, 7) is 1.71. The Labute approximate surface area is 116 Å². The number of benzene rings is 1. The van der Waals surface area contributed by atoms with Crippen LogP contribution >= 0.6 is 11.3 Å². The smallest absolute Gasteiger partial charge is 0.417 e. The summed E-state index contributed by atoms with van der Waals surface area (Å²) in [7, 11) is 0. The van der Waals surface area contributed by atoms with E-state index in [9.17, 15) is 18.0 Å². The number of thiazole rings is 1. The van der Waals surface area contributed by atoms with Gasteiger partial charge in [-0.05, 0) is 12.5 Å². The lowest BCUT2D eigenvalue weighted by atomic mass is 10.1. The first kappa shape index (κ1) is 14.5. The molecule has 0 bridgehead atoms. The molecule has 1 heterocycles. The molecule has 0 fully saturated rings. The van der Waals surface area contributed by atoms with Crippen molar-refractivity contribution in [3.8, 4) is 10.6 Å². The van der Waals surface area contributed by atoms with E-state index < -0.39 is 17.7 Å². The quantitative estimate of drug-likeness (QED) is 0.929. The highest BCUT2D eigenvalue weighted by molar-refractivity contribution is 7.17. The summed E-state index contributed by atoms with van der Waals surface area (Å²) in [5, 5.41) is 9.11. The van der Waals surface area contributed by atoms with Crippen molar-refractivity contribution in [2.75, 3.05) is 0 Å². The Morgan fingerprint density at radius 1 is 1.35 bits per heavy atom. The Hall–Kier alpha value is -1.89. The van der Waals surface area contributed by atoms with Gasteiger partial charge in [-0.15, -0.1) is 11.3 Å². The molecule has 0 atom stereocenters. The summed E-state index contributed by atoms with van der Waals surface area (Å²) in [6, 6.07) is 5.02. The molecule has 0 unspecified atom stereocenters. The molecule has 1 aromatic carbocycles. The molecule has 0 radical (unpaired) electrons. The zero-order valence-corrected chi connectivity index (χ0v) is 11.2. The monoisotopic (exact) mass is 301 g/mol. The van der Waals surface area contributed by atoms with Gasteiger partial charge in [0.1, 0.15) is 9.88 Å². The molecule has 7 heteroatoms. The first-order chi connectivity index (χ1) is 9.34. The first-order valence-electron chi connectivity index (χ1n) is 5.74. The molecule has 106 valence electrons. The van der Waals surface area contributed by atoms with Crippen LogP contribution in [0.25, 0.3) is 10.6 Å². The third-order valence-corrected chi connectivity index (χ3v) is 3.81. The van der Waals surface area contributed by atoms with Crippen molar-refractivity contribution in [3.63, 3.8) is 0 Å². The normalized spacial score (nSPS) is 11.6. The number of carboxylic acid groups (broad SMARTS) is 1. The zero-order chi connectivity index (χ0) is 14.9. The van der Waals surface area contributed by atoms with Gasteiger partial charge in [0.25, 0.3) is 0 Å². The Kier molecular flexibility index (Phi) is 3.80. The van der Waals surface area contributed by atoms with Gasteiger partial charge in [0.2, 0.25) is 0 Å². The maximum atomic E-state index is 12.9. The summed E-state index contributed by atoms with van der Waals surface area (Å²) in [4.78, 5) is 15.1. The largest absolute Gasteiger partial charge is 0.477 e. The molecule has 2 aromatic rings. The van der Waals surface area contributed by atoms with Gasteiger partial charge in [0, 0.05) is 5.56 Å². The fourth-order valence-corrected chi connectivity index (χ4v) is 2.82. The molecule has 0 spiro atoms. The van der Waals surface area contributed by atoms with E-state index >= 15 is 0 Å². The second-order valence-corrected chi connectivity index (χ2v) is 5.00. The van der Waals surface area contributed by atoms with Crippen LogP contribution in [0.3, 0.4) is 0 Å². The number of aromatic nitrogens is 1. The number of aromatic carboxylic acids is 1. The van der Waals surface area contributed by atoms with Crippen LogP contribution in [-0.2, 0) is 12.6 Å². The van der Waals surface area contributed by atoms with Gasteiger partial charge in [-0.1, -0.05) is 25.1 Å². The van der Waals surface area contributed by atoms with Crippen LogP contribution in [0, 0.1) is 0 Å². The van der Waals surface area contributed by atoms with Crippen molar-refractivity contribution in [2.24, 2.45) is 0 Å². The predicted octanol–water partition coefficient (Wildman–Crippen LogP) is 4.09. The lowest BCUT2D eigenvalue weighted by Gasteiger charge is -2.10. The van der Waals surface area contributed by atoms with Crippen LogP contribution in [0.15, 0.2) is 24.3 Å². The maximum Gasteiger partial charge on any atom is 0.417 e. The van der Waals surface area contributed by atoms with Gasteiger partial charge in [0.05, 0.1) is 11.3 Å². The molecule has 0 aliphatic heterocycles. The van der Waals surface area contributed by atoms with Crippen LogP contribution < -0.4 is 0 Å². The molecule has 0 saturated heterocycles. The van der Waals surface area contributed by atoms with E-state index in [4.69, 9.17) is 5.11 Å². The standard InChI is InChI=1S/C13H10F3NO2S/c1-2-9-10(12(18)19)20-11(17-9)7-5-3-4-6-8(7)13(14,15)16/h3-6H,2H2,1H3,(H,18,19). The second-order valence-electron chi connectivity index (χ2n) is 4.00. The van der Waals surface area contributed by atoms with Crippen LogP contribution in [0.5, 0.6) is 0 Å². The van der Waals surface area contributed by atoms with Gasteiger partial charge in [0.15, 0.2) is 0 Å². The molecule has 0 aliphatic carbocycles. The minimum Gasteiger partial charge on any atom is -0.477 e. The minimum absolute atomic E-state index is 0.0144. The molecular formula is C13H10F3NO2S. The Balaban J connectivity index is 2.61. The average Bonchev–Trinajstić information content (AvgIpc) is 2.82. The number of rotatable bonds is 3. The van der Waals surface area contributed by atoms with Crippen LogP contribution in [-0.4, -0.2) is 16.1 Å². The highest BCUT2D eigenvalue weighted by atomic mass is 32.1. The number of aryl methyl sites for hydroxylation is 1. The van der Waals surface area contributed by atoms with E-state index in [1.807, 2.05) is 0 Å². The number of carbonyl (C=O) groups is 1. The molecule has 2 rings (SSSR count). The summed E-state index contributed by atoms with van der Waals surface area (Å²) in [5.41, 5.74) is -0.602. The first-order valence-corrected chi connectivity index (χ1v) is 6.55. The van der Waals surface area contributed by atoms with Gasteiger partial charge in [-0.3, -0.25) is 0 Å². The molecule has 20 heavy (non-hydrogen) atoms. The van der Waals surface area contributed by atoms with Gasteiger partial charge < -0.3 is 5.11 Å². The third kappa shape index (κ3) is 2.67. The fourth-order valence-electron chi connectivity index (χ4n) is 1.79. The van der Waals surface area contributed by atoms with Crippen molar-refractivity contribution >= 4 is 17.3 Å². The maximum absolute atomic E-state index is 12.9. The lowest BCUT2D eigenvalue weighted by molar-refractivity contribution is -0.137. The molecule has 0 amide bonds. The highest BCUT2D eigenvalue weighted by Gasteiger charge is 2.34.